The highest BCUT2D eigenvalue weighted by Crippen LogP contribution is 2.41. The largest absolute Gasteiger partial charge is 0.496 e. The van der Waals surface area contributed by atoms with Crippen molar-refractivity contribution in [1.82, 2.24) is 4.90 Å². The van der Waals surface area contributed by atoms with Gasteiger partial charge in [-0.1, -0.05) is 12.1 Å². The molecule has 0 aromatic heterocycles. The van der Waals surface area contributed by atoms with Gasteiger partial charge in [-0.05, 0) is 39.7 Å². The molecule has 0 unspecified atom stereocenters. The van der Waals surface area contributed by atoms with E-state index in [1.807, 2.05) is 12.1 Å². The second kappa shape index (κ2) is 8.19. The molecule has 1 aliphatic heterocycles. The third kappa shape index (κ3) is 3.69. The van der Waals surface area contributed by atoms with Crippen molar-refractivity contribution in [3.63, 3.8) is 0 Å². The monoisotopic (exact) mass is 466 g/mol. The number of methoxy groups -OCH3 is 1. The molecule has 0 bridgehead atoms. The molecule has 10 heteroatoms. The fraction of sp³-hybridized carbons (Fsp3) is 0.222. The third-order valence-corrected chi connectivity index (χ3v) is 6.18. The van der Waals surface area contributed by atoms with Gasteiger partial charge in [0.25, 0.3) is 11.6 Å². The summed E-state index contributed by atoms with van der Waals surface area (Å²) in [6, 6.07) is 9.16. The van der Waals surface area contributed by atoms with Crippen LogP contribution in [0.25, 0.3) is 0 Å². The molecule has 0 aliphatic carbocycles. The van der Waals surface area contributed by atoms with Gasteiger partial charge in [-0.2, -0.15) is 0 Å². The van der Waals surface area contributed by atoms with Gasteiger partial charge in [0.1, 0.15) is 16.7 Å². The van der Waals surface area contributed by atoms with Gasteiger partial charge >= 0.3 is 5.97 Å². The first-order valence-corrected chi connectivity index (χ1v) is 9.96. The van der Waals surface area contributed by atoms with E-state index in [0.29, 0.717) is 18.0 Å². The number of hydrogen-bond donors (Lipinski definition) is 1. The molecular formula is C18H15BrN2O6S. The molecular weight excluding hydrogens is 452 g/mol. The minimum absolute atomic E-state index is 0.193. The number of nitro benzene ring substituents is 1. The summed E-state index contributed by atoms with van der Waals surface area (Å²) in [4.78, 5) is 36.7. The average Bonchev–Trinajstić information content (AvgIpc) is 3.16. The van der Waals surface area contributed by atoms with E-state index in [1.165, 1.54) is 28.8 Å². The van der Waals surface area contributed by atoms with Crippen molar-refractivity contribution >= 4 is 45.3 Å². The summed E-state index contributed by atoms with van der Waals surface area (Å²) in [6.45, 7) is 0.402. The summed E-state index contributed by atoms with van der Waals surface area (Å²) >= 11 is 4.96. The fourth-order valence-corrected chi connectivity index (χ4v) is 4.84. The van der Waals surface area contributed by atoms with Crippen LogP contribution in [0.2, 0.25) is 0 Å². The Morgan fingerprint density at radius 3 is 2.71 bits per heavy atom. The highest BCUT2D eigenvalue weighted by Gasteiger charge is 2.35. The minimum Gasteiger partial charge on any atom is -0.496 e. The Labute approximate surface area is 172 Å². The van der Waals surface area contributed by atoms with Crippen molar-refractivity contribution < 1.29 is 24.4 Å². The third-order valence-electron chi connectivity index (χ3n) is 4.30. The van der Waals surface area contributed by atoms with Crippen molar-refractivity contribution in [3.05, 3.63) is 67.7 Å². The Hall–Kier alpha value is -2.59. The van der Waals surface area contributed by atoms with Crippen LogP contribution in [0, 0.1) is 10.1 Å². The Morgan fingerprint density at radius 2 is 2.11 bits per heavy atom. The van der Waals surface area contributed by atoms with E-state index in [0.717, 1.165) is 16.1 Å². The van der Waals surface area contributed by atoms with Crippen molar-refractivity contribution in [2.24, 2.45) is 0 Å². The smallest absolute Gasteiger partial charge is 0.343 e. The number of rotatable bonds is 5. The molecule has 0 saturated carbocycles. The van der Waals surface area contributed by atoms with Crippen LogP contribution in [0.1, 0.15) is 31.7 Å². The van der Waals surface area contributed by atoms with Crippen LogP contribution in [0.4, 0.5) is 5.69 Å². The highest BCUT2D eigenvalue weighted by atomic mass is 79.9. The molecule has 28 heavy (non-hydrogen) atoms. The SMILES string of the molecule is COc1ccc([C@H]2SCCN2C(=O)c2cccc([N+](=O)[O-])c2C(=O)O)cc1Br. The molecule has 8 nitrogen and oxygen atoms in total. The van der Waals surface area contributed by atoms with Crippen LogP contribution in [-0.2, 0) is 0 Å². The Balaban J connectivity index is 2.00. The summed E-state index contributed by atoms with van der Waals surface area (Å²) in [5.74, 6) is -0.747. The molecule has 2 aromatic rings. The zero-order valence-corrected chi connectivity index (χ0v) is 17.0. The van der Waals surface area contributed by atoms with Gasteiger partial charge in [0.05, 0.1) is 22.1 Å². The molecule has 146 valence electrons. The molecule has 0 radical (unpaired) electrons. The fourth-order valence-electron chi connectivity index (χ4n) is 3.04. The first-order chi connectivity index (χ1) is 13.3. The summed E-state index contributed by atoms with van der Waals surface area (Å²) in [6.07, 6.45) is 0. The van der Waals surface area contributed by atoms with E-state index in [2.05, 4.69) is 15.9 Å². The zero-order valence-electron chi connectivity index (χ0n) is 14.6. The van der Waals surface area contributed by atoms with E-state index >= 15 is 0 Å². The molecule has 1 saturated heterocycles. The van der Waals surface area contributed by atoms with Gasteiger partial charge in [-0.15, -0.1) is 11.8 Å². The number of nitro groups is 1. The number of ether oxygens (including phenoxy) is 1. The number of carbonyl (C=O) groups excluding carboxylic acids is 1. The zero-order chi connectivity index (χ0) is 20.4. The second-order valence-electron chi connectivity index (χ2n) is 5.88. The lowest BCUT2D eigenvalue weighted by molar-refractivity contribution is -0.385. The molecule has 0 spiro atoms. The number of benzene rings is 2. The lowest BCUT2D eigenvalue weighted by atomic mass is 10.0. The van der Waals surface area contributed by atoms with E-state index in [1.54, 1.807) is 13.2 Å². The Morgan fingerprint density at radius 1 is 1.36 bits per heavy atom. The van der Waals surface area contributed by atoms with Crippen LogP contribution >= 0.6 is 27.7 Å². The quantitative estimate of drug-likeness (QED) is 0.524. The van der Waals surface area contributed by atoms with Crippen LogP contribution in [-0.4, -0.2) is 46.2 Å². The number of amides is 1. The number of halogens is 1. The highest BCUT2D eigenvalue weighted by molar-refractivity contribution is 9.10. The van der Waals surface area contributed by atoms with Gasteiger partial charge in [-0.25, -0.2) is 4.79 Å². The van der Waals surface area contributed by atoms with Gasteiger partial charge in [-0.3, -0.25) is 14.9 Å². The predicted molar refractivity (Wildman–Crippen MR) is 107 cm³/mol. The second-order valence-corrected chi connectivity index (χ2v) is 7.92. The van der Waals surface area contributed by atoms with Crippen LogP contribution in [0.5, 0.6) is 5.75 Å². The van der Waals surface area contributed by atoms with Crippen molar-refractivity contribution in [2.45, 2.75) is 5.37 Å². The van der Waals surface area contributed by atoms with Gasteiger partial charge in [0.2, 0.25) is 0 Å². The average molecular weight is 467 g/mol. The van der Waals surface area contributed by atoms with Gasteiger partial charge in [0.15, 0.2) is 0 Å². The number of carbonyl (C=O) groups is 2. The molecule has 1 atom stereocenters. The van der Waals surface area contributed by atoms with E-state index < -0.39 is 28.1 Å². The minimum atomic E-state index is -1.51. The number of thioether (sulfide) groups is 1. The van der Waals surface area contributed by atoms with Crippen LogP contribution < -0.4 is 4.74 Å². The molecule has 1 aliphatic rings. The van der Waals surface area contributed by atoms with Crippen molar-refractivity contribution in [1.29, 1.82) is 0 Å². The topological polar surface area (TPSA) is 110 Å². The van der Waals surface area contributed by atoms with Gasteiger partial charge < -0.3 is 14.7 Å². The number of carboxylic acids is 1. The van der Waals surface area contributed by atoms with Crippen LogP contribution in [0.3, 0.4) is 0 Å². The summed E-state index contributed by atoms with van der Waals surface area (Å²) < 4.78 is 5.95. The predicted octanol–water partition coefficient (Wildman–Crippen LogP) is 3.95. The summed E-state index contributed by atoms with van der Waals surface area (Å²) in [7, 11) is 1.55. The maximum Gasteiger partial charge on any atom is 0.343 e. The lowest BCUT2D eigenvalue weighted by Crippen LogP contribution is -2.31. The van der Waals surface area contributed by atoms with Gasteiger partial charge in [0, 0.05) is 18.4 Å². The summed E-state index contributed by atoms with van der Waals surface area (Å²) in [5, 5.41) is 20.3. The van der Waals surface area contributed by atoms with Crippen LogP contribution in [0.15, 0.2) is 40.9 Å². The maximum absolute atomic E-state index is 13.1. The Bertz CT molecular complexity index is 967. The molecule has 1 amide bonds. The first kappa shape index (κ1) is 20.2. The van der Waals surface area contributed by atoms with E-state index in [4.69, 9.17) is 4.74 Å². The first-order valence-electron chi connectivity index (χ1n) is 8.12. The van der Waals surface area contributed by atoms with Crippen molar-refractivity contribution in [3.8, 4) is 5.75 Å². The molecule has 1 fully saturated rings. The standard InChI is InChI=1S/C18H15BrN2O6S/c1-27-14-6-5-10(9-12(14)19)17-20(7-8-28-17)16(22)11-3-2-4-13(21(25)26)15(11)18(23)24/h2-6,9,17H,7-8H2,1H3,(H,23,24)/t17-/m1/s1. The Kier molecular flexibility index (Phi) is 5.90. The van der Waals surface area contributed by atoms with E-state index in [9.17, 15) is 24.8 Å². The molecule has 2 aromatic carbocycles. The molecule has 1 heterocycles. The lowest BCUT2D eigenvalue weighted by Gasteiger charge is -2.25. The maximum atomic E-state index is 13.1. The summed E-state index contributed by atoms with van der Waals surface area (Å²) in [5.41, 5.74) is -0.550. The number of nitrogens with zero attached hydrogens (tertiary/aromatic N) is 2. The van der Waals surface area contributed by atoms with Crippen molar-refractivity contribution in [2.75, 3.05) is 19.4 Å². The number of hydrogen-bond acceptors (Lipinski definition) is 6. The number of carboxylic acid groups (broad SMARTS) is 1. The normalized spacial score (nSPS) is 16.1. The van der Waals surface area contributed by atoms with E-state index in [-0.39, 0.29) is 10.9 Å². The molecule has 3 rings (SSSR count). The molecule has 1 N–H and O–H groups in total. The number of aromatic carboxylic acids is 1.